The van der Waals surface area contributed by atoms with Crippen LogP contribution in [0.15, 0.2) is 30.6 Å². The summed E-state index contributed by atoms with van der Waals surface area (Å²) >= 11 is 0. The molecule has 2 aromatic heterocycles. The van der Waals surface area contributed by atoms with E-state index in [1.54, 1.807) is 23.8 Å². The molecular weight excluding hydrogens is 296 g/mol. The third-order valence-corrected chi connectivity index (χ3v) is 3.16. The maximum absolute atomic E-state index is 11.3. The summed E-state index contributed by atoms with van der Waals surface area (Å²) in [6.07, 6.45) is 1.45. The molecule has 2 N–H and O–H groups in total. The summed E-state index contributed by atoms with van der Waals surface area (Å²) in [4.78, 5) is 19.7. The molecule has 0 aliphatic heterocycles. The number of aryl methyl sites for hydroxylation is 1. The minimum atomic E-state index is -0.168. The van der Waals surface area contributed by atoms with Gasteiger partial charge in [-0.1, -0.05) is 0 Å². The van der Waals surface area contributed by atoms with Gasteiger partial charge in [-0.05, 0) is 25.1 Å². The van der Waals surface area contributed by atoms with Crippen molar-refractivity contribution in [3.63, 3.8) is 0 Å². The number of nitrogens with one attached hydrogen (secondary N) is 2. The average Bonchev–Trinajstić information content (AvgIpc) is 2.95. The quantitative estimate of drug-likeness (QED) is 0.766. The Labute approximate surface area is 132 Å². The van der Waals surface area contributed by atoms with Crippen molar-refractivity contribution in [2.75, 3.05) is 17.7 Å². The molecule has 118 valence electrons. The standard InChI is InChI=1S/C15H16N6O2/c1-9-6-14(21-15(18-9)16-8-17-21)20-11-4-5-13(23-3)12(7-11)19-10(2)22/h4-8,20H,1-3H3,(H,19,22). The van der Waals surface area contributed by atoms with Crippen LogP contribution in [0.1, 0.15) is 12.6 Å². The van der Waals surface area contributed by atoms with Gasteiger partial charge < -0.3 is 15.4 Å². The molecule has 8 heteroatoms. The number of rotatable bonds is 4. The molecule has 0 spiro atoms. The number of aromatic nitrogens is 4. The number of benzene rings is 1. The number of carbonyl (C=O) groups excluding carboxylic acids is 1. The average molecular weight is 312 g/mol. The lowest BCUT2D eigenvalue weighted by atomic mass is 10.2. The lowest BCUT2D eigenvalue weighted by Gasteiger charge is -2.13. The first-order valence-corrected chi connectivity index (χ1v) is 6.97. The number of fused-ring (bicyclic) bond motifs is 1. The summed E-state index contributed by atoms with van der Waals surface area (Å²) in [6.45, 7) is 3.33. The van der Waals surface area contributed by atoms with Gasteiger partial charge in [0.15, 0.2) is 0 Å². The Morgan fingerprint density at radius 1 is 1.30 bits per heavy atom. The van der Waals surface area contributed by atoms with Gasteiger partial charge in [0, 0.05) is 24.4 Å². The van der Waals surface area contributed by atoms with Crippen molar-refractivity contribution < 1.29 is 9.53 Å². The van der Waals surface area contributed by atoms with Gasteiger partial charge in [0.25, 0.3) is 5.78 Å². The fraction of sp³-hybridized carbons (Fsp3) is 0.200. The highest BCUT2D eigenvalue weighted by Crippen LogP contribution is 2.29. The van der Waals surface area contributed by atoms with Gasteiger partial charge in [-0.3, -0.25) is 4.79 Å². The van der Waals surface area contributed by atoms with E-state index < -0.39 is 0 Å². The molecule has 0 atom stereocenters. The molecule has 0 unspecified atom stereocenters. The van der Waals surface area contributed by atoms with Gasteiger partial charge in [0.2, 0.25) is 5.91 Å². The van der Waals surface area contributed by atoms with Gasteiger partial charge in [-0.2, -0.15) is 14.6 Å². The molecule has 3 rings (SSSR count). The van der Waals surface area contributed by atoms with Crippen LogP contribution in [0.3, 0.4) is 0 Å². The third-order valence-electron chi connectivity index (χ3n) is 3.16. The lowest BCUT2D eigenvalue weighted by Crippen LogP contribution is -2.08. The first-order valence-electron chi connectivity index (χ1n) is 6.97. The minimum Gasteiger partial charge on any atom is -0.495 e. The van der Waals surface area contributed by atoms with E-state index in [4.69, 9.17) is 4.74 Å². The molecule has 0 saturated heterocycles. The molecule has 23 heavy (non-hydrogen) atoms. The van der Waals surface area contributed by atoms with Crippen molar-refractivity contribution in [1.29, 1.82) is 0 Å². The van der Waals surface area contributed by atoms with Crippen LogP contribution in [0.4, 0.5) is 17.2 Å². The Bertz CT molecular complexity index is 874. The Morgan fingerprint density at radius 2 is 2.13 bits per heavy atom. The van der Waals surface area contributed by atoms with E-state index >= 15 is 0 Å². The van der Waals surface area contributed by atoms with Gasteiger partial charge in [0.05, 0.1) is 12.8 Å². The number of hydrogen-bond donors (Lipinski definition) is 2. The third kappa shape index (κ3) is 3.05. The Balaban J connectivity index is 1.98. The lowest BCUT2D eigenvalue weighted by molar-refractivity contribution is -0.114. The summed E-state index contributed by atoms with van der Waals surface area (Å²) in [6, 6.07) is 7.28. The molecule has 0 aliphatic carbocycles. The van der Waals surface area contributed by atoms with Gasteiger partial charge in [-0.15, -0.1) is 0 Å². The summed E-state index contributed by atoms with van der Waals surface area (Å²) in [7, 11) is 1.55. The summed E-state index contributed by atoms with van der Waals surface area (Å²) in [5.74, 6) is 1.66. The topological polar surface area (TPSA) is 93.4 Å². The minimum absolute atomic E-state index is 0.168. The van der Waals surface area contributed by atoms with E-state index in [2.05, 4.69) is 25.7 Å². The highest BCUT2D eigenvalue weighted by molar-refractivity contribution is 5.91. The zero-order chi connectivity index (χ0) is 16.4. The molecule has 1 aromatic carbocycles. The molecule has 0 aliphatic rings. The van der Waals surface area contributed by atoms with E-state index in [0.29, 0.717) is 17.2 Å². The van der Waals surface area contributed by atoms with Crippen LogP contribution in [-0.2, 0) is 4.79 Å². The molecule has 1 amide bonds. The molecule has 0 bridgehead atoms. The highest BCUT2D eigenvalue weighted by atomic mass is 16.5. The van der Waals surface area contributed by atoms with Crippen LogP contribution < -0.4 is 15.4 Å². The largest absolute Gasteiger partial charge is 0.495 e. The Hall–Kier alpha value is -3.16. The summed E-state index contributed by atoms with van der Waals surface area (Å²) < 4.78 is 6.85. The molecule has 0 saturated carbocycles. The fourth-order valence-electron chi connectivity index (χ4n) is 2.24. The number of anilines is 3. The number of hydrogen-bond acceptors (Lipinski definition) is 6. The number of ether oxygens (including phenoxy) is 1. The first-order chi connectivity index (χ1) is 11.1. The molecule has 0 fully saturated rings. The summed E-state index contributed by atoms with van der Waals surface area (Å²) in [5.41, 5.74) is 2.19. The van der Waals surface area contributed by atoms with Gasteiger partial charge in [0.1, 0.15) is 17.9 Å². The van der Waals surface area contributed by atoms with Crippen molar-refractivity contribution in [2.45, 2.75) is 13.8 Å². The number of nitrogens with zero attached hydrogens (tertiary/aromatic N) is 4. The molecule has 3 aromatic rings. The predicted octanol–water partition coefficient (Wildman–Crippen LogP) is 2.14. The molecule has 2 heterocycles. The van der Waals surface area contributed by atoms with Gasteiger partial charge in [-0.25, -0.2) is 4.98 Å². The number of amides is 1. The van der Waals surface area contributed by atoms with Crippen molar-refractivity contribution in [3.8, 4) is 5.75 Å². The van der Waals surface area contributed by atoms with E-state index in [-0.39, 0.29) is 5.91 Å². The second-order valence-corrected chi connectivity index (χ2v) is 4.98. The monoisotopic (exact) mass is 312 g/mol. The van der Waals surface area contributed by atoms with E-state index in [1.807, 2.05) is 19.1 Å². The van der Waals surface area contributed by atoms with E-state index in [1.165, 1.54) is 13.3 Å². The van der Waals surface area contributed by atoms with Crippen LogP contribution in [0, 0.1) is 6.92 Å². The first kappa shape index (κ1) is 14.8. The molecule has 8 nitrogen and oxygen atoms in total. The van der Waals surface area contributed by atoms with Crippen LogP contribution in [-0.4, -0.2) is 32.6 Å². The van der Waals surface area contributed by atoms with Gasteiger partial charge >= 0.3 is 0 Å². The van der Waals surface area contributed by atoms with Crippen LogP contribution in [0.25, 0.3) is 5.78 Å². The van der Waals surface area contributed by atoms with Crippen LogP contribution in [0.5, 0.6) is 5.75 Å². The maximum atomic E-state index is 11.3. The molecule has 0 radical (unpaired) electrons. The SMILES string of the molecule is COc1ccc(Nc2cc(C)nc3ncnn23)cc1NC(C)=O. The second-order valence-electron chi connectivity index (χ2n) is 4.98. The zero-order valence-electron chi connectivity index (χ0n) is 13.0. The fourth-order valence-corrected chi connectivity index (χ4v) is 2.24. The van der Waals surface area contributed by atoms with Crippen LogP contribution in [0.2, 0.25) is 0 Å². The second kappa shape index (κ2) is 5.91. The van der Waals surface area contributed by atoms with Crippen molar-refractivity contribution in [1.82, 2.24) is 19.6 Å². The Kier molecular flexibility index (Phi) is 3.80. The van der Waals surface area contributed by atoms with Crippen LogP contribution >= 0.6 is 0 Å². The Morgan fingerprint density at radius 3 is 2.87 bits per heavy atom. The van der Waals surface area contributed by atoms with E-state index in [9.17, 15) is 4.79 Å². The smallest absolute Gasteiger partial charge is 0.254 e. The zero-order valence-corrected chi connectivity index (χ0v) is 13.0. The van der Waals surface area contributed by atoms with E-state index in [0.717, 1.165) is 17.2 Å². The molecular formula is C15H16N6O2. The predicted molar refractivity (Wildman–Crippen MR) is 86.1 cm³/mol. The van der Waals surface area contributed by atoms with Crippen molar-refractivity contribution >= 4 is 28.9 Å². The maximum Gasteiger partial charge on any atom is 0.254 e. The summed E-state index contributed by atoms with van der Waals surface area (Å²) in [5, 5.41) is 10.1. The number of carbonyl (C=O) groups is 1. The number of methoxy groups -OCH3 is 1. The van der Waals surface area contributed by atoms with Crippen molar-refractivity contribution in [3.05, 3.63) is 36.3 Å². The normalized spacial score (nSPS) is 10.6. The van der Waals surface area contributed by atoms with Crippen molar-refractivity contribution in [2.24, 2.45) is 0 Å². The highest BCUT2D eigenvalue weighted by Gasteiger charge is 2.09.